The van der Waals surface area contributed by atoms with Gasteiger partial charge in [0.2, 0.25) is 0 Å². The highest BCUT2D eigenvalue weighted by Crippen LogP contribution is 2.66. The summed E-state index contributed by atoms with van der Waals surface area (Å²) >= 11 is 0. The Morgan fingerprint density at radius 3 is 2.86 bits per heavy atom. The monoisotopic (exact) mass is 389 g/mol. The SMILES string of the molecule is CC(=O)Oc1ccc2c3c1OC1C(F)(F)CC[C@H]4[C@@H](C2)N(CC2CC2)CC[C@]314. The van der Waals surface area contributed by atoms with Crippen LogP contribution in [-0.4, -0.2) is 42.0 Å². The number of ether oxygens (including phenoxy) is 2. The summed E-state index contributed by atoms with van der Waals surface area (Å²) < 4.78 is 41.6. The molecule has 0 radical (unpaired) electrons. The third kappa shape index (κ3) is 2.15. The molecule has 6 heteroatoms. The Balaban J connectivity index is 1.51. The molecular formula is C22H25F2NO3. The van der Waals surface area contributed by atoms with Gasteiger partial charge in [0.1, 0.15) is 0 Å². The molecule has 1 unspecified atom stereocenters. The van der Waals surface area contributed by atoms with Gasteiger partial charge in [0.25, 0.3) is 5.92 Å². The Bertz CT molecular complexity index is 868. The highest BCUT2D eigenvalue weighted by atomic mass is 19.3. The molecule has 6 rings (SSSR count). The van der Waals surface area contributed by atoms with Crippen LogP contribution in [0.1, 0.15) is 50.2 Å². The van der Waals surface area contributed by atoms with Crippen molar-refractivity contribution in [1.29, 1.82) is 0 Å². The molecule has 1 aromatic carbocycles. The fraction of sp³-hybridized carbons (Fsp3) is 0.682. The molecule has 150 valence electrons. The summed E-state index contributed by atoms with van der Waals surface area (Å²) in [5, 5.41) is 0. The van der Waals surface area contributed by atoms with E-state index in [0.29, 0.717) is 30.4 Å². The number of nitrogens with zero attached hydrogens (tertiary/aromatic N) is 1. The molecule has 1 saturated heterocycles. The standard InChI is InChI=1S/C22H25F2NO3/c1-12(26)27-17-5-4-14-10-16-15-6-7-22(23,24)20-21(15,18(14)19(17)28-20)8-9-25(16)11-13-2-3-13/h4-5,13,15-16,20H,2-3,6-11H2,1H3/t15-,16+,20?,21-/m0/s1. The molecule has 28 heavy (non-hydrogen) atoms. The minimum Gasteiger partial charge on any atom is -0.479 e. The molecule has 0 aromatic heterocycles. The van der Waals surface area contributed by atoms with Gasteiger partial charge in [-0.25, -0.2) is 8.78 Å². The molecule has 2 aliphatic heterocycles. The topological polar surface area (TPSA) is 38.8 Å². The lowest BCUT2D eigenvalue weighted by atomic mass is 9.51. The molecule has 5 aliphatic rings. The number of hydrogen-bond donors (Lipinski definition) is 0. The van der Waals surface area contributed by atoms with Crippen LogP contribution in [0, 0.1) is 11.8 Å². The summed E-state index contributed by atoms with van der Waals surface area (Å²) in [6.07, 6.45) is 3.45. The number of halogens is 2. The van der Waals surface area contributed by atoms with E-state index in [1.165, 1.54) is 19.8 Å². The number of benzene rings is 1. The number of alkyl halides is 2. The van der Waals surface area contributed by atoms with Gasteiger partial charge in [-0.15, -0.1) is 0 Å². The largest absolute Gasteiger partial charge is 0.479 e. The average molecular weight is 389 g/mol. The van der Waals surface area contributed by atoms with Crippen molar-refractivity contribution in [2.45, 2.75) is 68.9 Å². The van der Waals surface area contributed by atoms with Crippen molar-refractivity contribution in [2.75, 3.05) is 13.1 Å². The zero-order chi connectivity index (χ0) is 19.3. The highest BCUT2D eigenvalue weighted by molar-refractivity contribution is 5.72. The first-order chi connectivity index (χ1) is 13.4. The third-order valence-electron chi connectivity index (χ3n) is 7.83. The molecule has 0 N–H and O–H groups in total. The first kappa shape index (κ1) is 17.2. The van der Waals surface area contributed by atoms with Gasteiger partial charge in [0.05, 0.1) is 0 Å². The van der Waals surface area contributed by atoms with E-state index >= 15 is 8.78 Å². The summed E-state index contributed by atoms with van der Waals surface area (Å²) in [6, 6.07) is 4.01. The van der Waals surface area contributed by atoms with Crippen LogP contribution in [0.2, 0.25) is 0 Å². The van der Waals surface area contributed by atoms with Gasteiger partial charge in [0, 0.05) is 36.9 Å². The summed E-state index contributed by atoms with van der Waals surface area (Å²) in [6.45, 7) is 3.29. The first-order valence-electron chi connectivity index (χ1n) is 10.5. The van der Waals surface area contributed by atoms with Crippen molar-refractivity contribution >= 4 is 5.97 Å². The maximum absolute atomic E-state index is 15.1. The summed E-state index contributed by atoms with van der Waals surface area (Å²) in [5.41, 5.74) is 1.38. The molecule has 0 amide bonds. The van der Waals surface area contributed by atoms with Gasteiger partial charge in [-0.1, -0.05) is 6.07 Å². The molecule has 1 spiro atoms. The molecule has 2 heterocycles. The van der Waals surface area contributed by atoms with E-state index in [0.717, 1.165) is 36.6 Å². The van der Waals surface area contributed by atoms with Crippen LogP contribution < -0.4 is 9.47 Å². The van der Waals surface area contributed by atoms with Crippen molar-refractivity contribution in [3.8, 4) is 11.5 Å². The number of piperidine rings is 1. The molecule has 2 bridgehead atoms. The van der Waals surface area contributed by atoms with Gasteiger partial charge < -0.3 is 9.47 Å². The molecule has 4 nitrogen and oxygen atoms in total. The Kier molecular flexibility index (Phi) is 3.36. The lowest BCUT2D eigenvalue weighted by Gasteiger charge is -2.59. The van der Waals surface area contributed by atoms with E-state index in [2.05, 4.69) is 4.90 Å². The van der Waals surface area contributed by atoms with Crippen LogP contribution in [0.4, 0.5) is 8.78 Å². The van der Waals surface area contributed by atoms with Crippen LogP contribution in [-0.2, 0) is 16.6 Å². The van der Waals surface area contributed by atoms with Crippen LogP contribution in [0.25, 0.3) is 0 Å². The molecule has 3 aliphatic carbocycles. The Labute approximate surface area is 163 Å². The van der Waals surface area contributed by atoms with E-state index in [4.69, 9.17) is 9.47 Å². The summed E-state index contributed by atoms with van der Waals surface area (Å²) in [7, 11) is 0. The van der Waals surface area contributed by atoms with Gasteiger partial charge in [-0.2, -0.15) is 0 Å². The molecular weight excluding hydrogens is 364 g/mol. The second-order valence-corrected chi connectivity index (χ2v) is 9.42. The smallest absolute Gasteiger partial charge is 0.308 e. The number of hydrogen-bond acceptors (Lipinski definition) is 4. The second kappa shape index (κ2) is 5.47. The zero-order valence-electron chi connectivity index (χ0n) is 16.0. The Morgan fingerprint density at radius 1 is 1.29 bits per heavy atom. The molecule has 4 atom stereocenters. The number of rotatable bonds is 3. The summed E-state index contributed by atoms with van der Waals surface area (Å²) in [4.78, 5) is 14.1. The quantitative estimate of drug-likeness (QED) is 0.584. The zero-order valence-corrected chi connectivity index (χ0v) is 16.0. The maximum atomic E-state index is 15.1. The molecule has 1 aromatic rings. The number of esters is 1. The van der Waals surface area contributed by atoms with E-state index in [9.17, 15) is 4.79 Å². The van der Waals surface area contributed by atoms with E-state index in [1.54, 1.807) is 6.07 Å². The fourth-order valence-electron chi connectivity index (χ4n) is 6.65. The normalized spacial score (nSPS) is 37.2. The van der Waals surface area contributed by atoms with Gasteiger partial charge >= 0.3 is 5.97 Å². The predicted molar refractivity (Wildman–Crippen MR) is 97.9 cm³/mol. The van der Waals surface area contributed by atoms with Crippen LogP contribution in [0.5, 0.6) is 11.5 Å². The van der Waals surface area contributed by atoms with Crippen molar-refractivity contribution in [2.24, 2.45) is 11.8 Å². The van der Waals surface area contributed by atoms with Crippen LogP contribution >= 0.6 is 0 Å². The van der Waals surface area contributed by atoms with Crippen LogP contribution in [0.3, 0.4) is 0 Å². The van der Waals surface area contributed by atoms with Crippen molar-refractivity contribution in [3.63, 3.8) is 0 Å². The predicted octanol–water partition coefficient (Wildman–Crippen LogP) is 3.70. The van der Waals surface area contributed by atoms with E-state index in [-0.39, 0.29) is 12.3 Å². The van der Waals surface area contributed by atoms with Crippen molar-refractivity contribution in [3.05, 3.63) is 23.3 Å². The summed E-state index contributed by atoms with van der Waals surface area (Å²) in [5.74, 6) is -1.64. The number of carbonyl (C=O) groups excluding carboxylic acids is 1. The van der Waals surface area contributed by atoms with Gasteiger partial charge in [-0.05, 0) is 62.1 Å². The highest BCUT2D eigenvalue weighted by Gasteiger charge is 2.71. The average Bonchev–Trinajstić information content (AvgIpc) is 3.37. The van der Waals surface area contributed by atoms with Crippen molar-refractivity contribution in [1.82, 2.24) is 4.90 Å². The minimum atomic E-state index is -2.86. The Morgan fingerprint density at radius 2 is 2.11 bits per heavy atom. The van der Waals surface area contributed by atoms with Crippen LogP contribution in [0.15, 0.2) is 12.1 Å². The lowest BCUT2D eigenvalue weighted by Crippen LogP contribution is -2.68. The molecule has 2 saturated carbocycles. The Hall–Kier alpha value is -1.69. The first-order valence-corrected chi connectivity index (χ1v) is 10.5. The lowest BCUT2D eigenvalue weighted by molar-refractivity contribution is -0.182. The maximum Gasteiger partial charge on any atom is 0.308 e. The number of carbonyl (C=O) groups is 1. The number of likely N-dealkylation sites (tertiary alicyclic amines) is 1. The van der Waals surface area contributed by atoms with E-state index < -0.39 is 23.4 Å². The third-order valence-corrected chi connectivity index (χ3v) is 7.83. The minimum absolute atomic E-state index is 0.121. The fourth-order valence-corrected chi connectivity index (χ4v) is 6.65. The van der Waals surface area contributed by atoms with E-state index in [1.807, 2.05) is 6.07 Å². The molecule has 3 fully saturated rings. The van der Waals surface area contributed by atoms with Gasteiger partial charge in [0.15, 0.2) is 17.6 Å². The van der Waals surface area contributed by atoms with Crippen molar-refractivity contribution < 1.29 is 23.0 Å². The van der Waals surface area contributed by atoms with Gasteiger partial charge in [-0.3, -0.25) is 9.69 Å². The second-order valence-electron chi connectivity index (χ2n) is 9.42.